The van der Waals surface area contributed by atoms with E-state index in [0.717, 1.165) is 6.04 Å². The highest BCUT2D eigenvalue weighted by Crippen LogP contribution is 2.43. The number of hydrogen-bond acceptors (Lipinski definition) is 2. The molecule has 1 aliphatic heterocycles. The number of nitrogens with zero attached hydrogens (tertiary/aromatic N) is 1. The molecule has 1 saturated carbocycles. The van der Waals surface area contributed by atoms with Crippen LogP contribution >= 0.6 is 0 Å². The molecule has 0 aromatic heterocycles. The van der Waals surface area contributed by atoms with Gasteiger partial charge in [-0.15, -0.1) is 0 Å². The Labute approximate surface area is 75.3 Å². The first-order valence-electron chi connectivity index (χ1n) is 5.18. The third-order valence-electron chi connectivity index (χ3n) is 3.69. The summed E-state index contributed by atoms with van der Waals surface area (Å²) in [7, 11) is 4.40. The average molecular weight is 168 g/mol. The van der Waals surface area contributed by atoms with Crippen LogP contribution in [0.3, 0.4) is 0 Å². The highest BCUT2D eigenvalue weighted by molar-refractivity contribution is 5.10. The SMILES string of the molecule is CNC1(C2CCCCN2C)CC1. The zero-order valence-electron chi connectivity index (χ0n) is 8.27. The lowest BCUT2D eigenvalue weighted by atomic mass is 9.94. The Morgan fingerprint density at radius 1 is 1.33 bits per heavy atom. The summed E-state index contributed by atoms with van der Waals surface area (Å²) in [5, 5.41) is 3.51. The van der Waals surface area contributed by atoms with Crippen molar-refractivity contribution in [1.29, 1.82) is 0 Å². The van der Waals surface area contributed by atoms with E-state index in [9.17, 15) is 0 Å². The van der Waals surface area contributed by atoms with Crippen LogP contribution in [0.1, 0.15) is 32.1 Å². The molecule has 2 fully saturated rings. The standard InChI is InChI=1S/C10H20N2/c1-11-10(6-7-10)9-5-3-4-8-12(9)2/h9,11H,3-8H2,1-2H3. The first-order chi connectivity index (χ1) is 5.78. The van der Waals surface area contributed by atoms with Crippen molar-refractivity contribution in [2.24, 2.45) is 0 Å². The Hall–Kier alpha value is -0.0800. The molecule has 12 heavy (non-hydrogen) atoms. The summed E-state index contributed by atoms with van der Waals surface area (Å²) < 4.78 is 0. The Balaban J connectivity index is 2.01. The predicted molar refractivity (Wildman–Crippen MR) is 51.3 cm³/mol. The minimum absolute atomic E-state index is 0.509. The Morgan fingerprint density at radius 3 is 2.58 bits per heavy atom. The van der Waals surface area contributed by atoms with Crippen molar-refractivity contribution in [3.8, 4) is 0 Å². The quantitative estimate of drug-likeness (QED) is 0.667. The van der Waals surface area contributed by atoms with Crippen LogP contribution in [0.25, 0.3) is 0 Å². The zero-order chi connectivity index (χ0) is 8.60. The molecule has 1 atom stereocenters. The number of hydrogen-bond donors (Lipinski definition) is 1. The van der Waals surface area contributed by atoms with Crippen LogP contribution in [-0.2, 0) is 0 Å². The molecule has 2 nitrogen and oxygen atoms in total. The third kappa shape index (κ3) is 1.27. The van der Waals surface area contributed by atoms with Crippen LogP contribution < -0.4 is 5.32 Å². The predicted octanol–water partition coefficient (Wildman–Crippen LogP) is 1.22. The Morgan fingerprint density at radius 2 is 2.08 bits per heavy atom. The maximum absolute atomic E-state index is 3.51. The van der Waals surface area contributed by atoms with Gasteiger partial charge >= 0.3 is 0 Å². The van der Waals surface area contributed by atoms with Gasteiger partial charge in [0.1, 0.15) is 0 Å². The fourth-order valence-corrected chi connectivity index (χ4v) is 2.66. The van der Waals surface area contributed by atoms with E-state index in [4.69, 9.17) is 0 Å². The first kappa shape index (κ1) is 8.52. The molecule has 0 spiro atoms. The molecule has 2 heteroatoms. The Kier molecular flexibility index (Phi) is 2.13. The van der Waals surface area contributed by atoms with E-state index >= 15 is 0 Å². The van der Waals surface area contributed by atoms with Crippen molar-refractivity contribution in [2.45, 2.75) is 43.7 Å². The number of likely N-dealkylation sites (N-methyl/N-ethyl adjacent to an activating group) is 2. The van der Waals surface area contributed by atoms with Crippen molar-refractivity contribution in [3.05, 3.63) is 0 Å². The summed E-state index contributed by atoms with van der Waals surface area (Å²) in [4.78, 5) is 2.55. The minimum Gasteiger partial charge on any atom is -0.313 e. The van der Waals surface area contributed by atoms with Gasteiger partial charge in [-0.05, 0) is 46.3 Å². The van der Waals surface area contributed by atoms with Gasteiger partial charge < -0.3 is 10.2 Å². The van der Waals surface area contributed by atoms with Gasteiger partial charge in [-0.1, -0.05) is 6.42 Å². The molecule has 1 aliphatic carbocycles. The van der Waals surface area contributed by atoms with Crippen LogP contribution in [0.15, 0.2) is 0 Å². The smallest absolute Gasteiger partial charge is 0.0336 e. The molecule has 1 N–H and O–H groups in total. The number of piperidine rings is 1. The summed E-state index contributed by atoms with van der Waals surface area (Å²) in [6.45, 7) is 1.30. The van der Waals surface area contributed by atoms with E-state index in [0.29, 0.717) is 5.54 Å². The molecule has 0 amide bonds. The number of likely N-dealkylation sites (tertiary alicyclic amines) is 1. The van der Waals surface area contributed by atoms with E-state index < -0.39 is 0 Å². The topological polar surface area (TPSA) is 15.3 Å². The monoisotopic (exact) mass is 168 g/mol. The molecule has 0 aromatic carbocycles. The fraction of sp³-hybridized carbons (Fsp3) is 1.00. The number of nitrogens with one attached hydrogen (secondary N) is 1. The molecule has 2 aliphatic rings. The molecule has 1 unspecified atom stereocenters. The maximum Gasteiger partial charge on any atom is 0.0336 e. The largest absolute Gasteiger partial charge is 0.313 e. The first-order valence-corrected chi connectivity index (χ1v) is 5.18. The van der Waals surface area contributed by atoms with Crippen LogP contribution in [-0.4, -0.2) is 37.1 Å². The van der Waals surface area contributed by atoms with Crippen molar-refractivity contribution in [3.63, 3.8) is 0 Å². The van der Waals surface area contributed by atoms with Crippen LogP contribution in [0.4, 0.5) is 0 Å². The molecule has 0 radical (unpaired) electrons. The lowest BCUT2D eigenvalue weighted by molar-refractivity contribution is 0.138. The second-order valence-electron chi connectivity index (χ2n) is 4.40. The normalized spacial score (nSPS) is 35.0. The van der Waals surface area contributed by atoms with Crippen molar-refractivity contribution in [1.82, 2.24) is 10.2 Å². The summed E-state index contributed by atoms with van der Waals surface area (Å²) in [6.07, 6.45) is 7.00. The Bertz CT molecular complexity index is 163. The third-order valence-corrected chi connectivity index (χ3v) is 3.69. The van der Waals surface area contributed by atoms with E-state index in [1.54, 1.807) is 0 Å². The van der Waals surface area contributed by atoms with Crippen LogP contribution in [0.5, 0.6) is 0 Å². The van der Waals surface area contributed by atoms with Gasteiger partial charge in [0, 0.05) is 11.6 Å². The van der Waals surface area contributed by atoms with Crippen molar-refractivity contribution >= 4 is 0 Å². The van der Waals surface area contributed by atoms with Gasteiger partial charge in [-0.3, -0.25) is 0 Å². The van der Waals surface area contributed by atoms with Crippen LogP contribution in [0.2, 0.25) is 0 Å². The van der Waals surface area contributed by atoms with E-state index in [-0.39, 0.29) is 0 Å². The molecule has 70 valence electrons. The van der Waals surface area contributed by atoms with Crippen molar-refractivity contribution < 1.29 is 0 Å². The van der Waals surface area contributed by atoms with Crippen molar-refractivity contribution in [2.75, 3.05) is 20.6 Å². The lowest BCUT2D eigenvalue weighted by Gasteiger charge is -2.38. The number of rotatable bonds is 2. The van der Waals surface area contributed by atoms with Gasteiger partial charge in [0.2, 0.25) is 0 Å². The molecule has 0 bridgehead atoms. The van der Waals surface area contributed by atoms with Gasteiger partial charge in [-0.25, -0.2) is 0 Å². The average Bonchev–Trinajstić information content (AvgIpc) is 2.86. The zero-order valence-corrected chi connectivity index (χ0v) is 8.27. The highest BCUT2D eigenvalue weighted by atomic mass is 15.2. The molecule has 0 aromatic rings. The maximum atomic E-state index is 3.51. The molecule has 1 saturated heterocycles. The van der Waals surface area contributed by atoms with Crippen LogP contribution in [0, 0.1) is 0 Å². The highest BCUT2D eigenvalue weighted by Gasteiger charge is 2.49. The molecular weight excluding hydrogens is 148 g/mol. The van der Waals surface area contributed by atoms with Gasteiger partial charge in [0.05, 0.1) is 0 Å². The fourth-order valence-electron chi connectivity index (χ4n) is 2.66. The second kappa shape index (κ2) is 3.00. The molecule has 1 heterocycles. The summed E-state index contributed by atoms with van der Waals surface area (Å²) in [6, 6.07) is 0.816. The molecular formula is C10H20N2. The molecule has 2 rings (SSSR count). The van der Waals surface area contributed by atoms with E-state index in [2.05, 4.69) is 24.3 Å². The van der Waals surface area contributed by atoms with E-state index in [1.165, 1.54) is 38.6 Å². The summed E-state index contributed by atoms with van der Waals surface area (Å²) in [5.41, 5.74) is 0.509. The lowest BCUT2D eigenvalue weighted by Crippen LogP contribution is -2.51. The van der Waals surface area contributed by atoms with Gasteiger partial charge in [0.15, 0.2) is 0 Å². The van der Waals surface area contributed by atoms with Gasteiger partial charge in [-0.2, -0.15) is 0 Å². The summed E-state index contributed by atoms with van der Waals surface area (Å²) >= 11 is 0. The van der Waals surface area contributed by atoms with E-state index in [1.807, 2.05) is 0 Å². The second-order valence-corrected chi connectivity index (χ2v) is 4.40. The summed E-state index contributed by atoms with van der Waals surface area (Å²) in [5.74, 6) is 0. The van der Waals surface area contributed by atoms with Gasteiger partial charge in [0.25, 0.3) is 0 Å². The minimum atomic E-state index is 0.509.